The topological polar surface area (TPSA) is 7.76 Å². The number of fused-ring (bicyclic) bond motifs is 3. The summed E-state index contributed by atoms with van der Waals surface area (Å²) in [4.78, 5) is 0. The van der Waals surface area contributed by atoms with Crippen LogP contribution in [0.15, 0.2) is 79.1 Å². The van der Waals surface area contributed by atoms with E-state index in [0.717, 1.165) is 6.42 Å². The zero-order valence-corrected chi connectivity index (χ0v) is 16.6. The van der Waals surface area contributed by atoms with Gasteiger partial charge in [0.15, 0.2) is 12.4 Å². The van der Waals surface area contributed by atoms with Gasteiger partial charge in [0.05, 0.1) is 11.1 Å². The predicted octanol–water partition coefficient (Wildman–Crippen LogP) is 4.55. The Morgan fingerprint density at radius 2 is 1.29 bits per heavy atom. The minimum absolute atomic E-state index is 0.999. The summed E-state index contributed by atoms with van der Waals surface area (Å²) in [7, 11) is 4.26. The quantitative estimate of drug-likeness (QED) is 0.406. The third kappa shape index (κ3) is 2.49. The van der Waals surface area contributed by atoms with Crippen LogP contribution in [0.1, 0.15) is 16.7 Å². The molecule has 1 aliphatic carbocycles. The van der Waals surface area contributed by atoms with Crippen molar-refractivity contribution in [1.29, 1.82) is 0 Å². The first kappa shape index (κ1) is 16.9. The number of benzene rings is 2. The molecule has 0 unspecified atom stereocenters. The van der Waals surface area contributed by atoms with Crippen molar-refractivity contribution in [1.82, 2.24) is 0 Å². The second-order valence-corrected chi connectivity index (χ2v) is 7.69. The summed E-state index contributed by atoms with van der Waals surface area (Å²) in [5, 5.41) is 0. The van der Waals surface area contributed by atoms with Crippen molar-refractivity contribution in [3.8, 4) is 33.6 Å². The Kier molecular flexibility index (Phi) is 3.87. The van der Waals surface area contributed by atoms with Gasteiger partial charge in [0, 0.05) is 24.3 Å². The molecular weight excluding hydrogens is 340 g/mol. The molecule has 2 aromatic carbocycles. The number of aromatic nitrogens is 2. The Balaban J connectivity index is 1.89. The highest BCUT2D eigenvalue weighted by molar-refractivity contribution is 5.93. The van der Waals surface area contributed by atoms with Crippen LogP contribution >= 0.6 is 0 Å². The van der Waals surface area contributed by atoms with Crippen LogP contribution in [0.4, 0.5) is 0 Å². The van der Waals surface area contributed by atoms with Gasteiger partial charge in [-0.15, -0.1) is 0 Å². The van der Waals surface area contributed by atoms with Crippen LogP contribution in [0, 0.1) is 6.92 Å². The third-order valence-corrected chi connectivity index (χ3v) is 5.98. The molecule has 4 aromatic rings. The normalized spacial score (nSPS) is 12.0. The molecule has 2 heterocycles. The summed E-state index contributed by atoms with van der Waals surface area (Å²) in [6.07, 6.45) is 5.26. The van der Waals surface area contributed by atoms with Gasteiger partial charge in [-0.3, -0.25) is 0 Å². The fourth-order valence-corrected chi connectivity index (χ4v) is 4.58. The monoisotopic (exact) mass is 364 g/mol. The minimum Gasteiger partial charge on any atom is -0.201 e. The van der Waals surface area contributed by atoms with E-state index < -0.39 is 0 Å². The van der Waals surface area contributed by atoms with Crippen molar-refractivity contribution < 1.29 is 9.13 Å². The summed E-state index contributed by atoms with van der Waals surface area (Å²) in [5.74, 6) is 0. The van der Waals surface area contributed by atoms with E-state index >= 15 is 0 Å². The average molecular weight is 364 g/mol. The highest BCUT2D eigenvalue weighted by atomic mass is 14.9. The smallest absolute Gasteiger partial charge is 0.201 e. The molecule has 2 heteroatoms. The molecule has 0 saturated heterocycles. The molecule has 0 amide bonds. The Hall–Kier alpha value is -3.26. The fraction of sp³-hybridized carbons (Fsp3) is 0.154. The van der Waals surface area contributed by atoms with Gasteiger partial charge in [0.25, 0.3) is 0 Å². The molecule has 136 valence electrons. The maximum atomic E-state index is 2.41. The van der Waals surface area contributed by atoms with Gasteiger partial charge in [-0.25, -0.2) is 9.13 Å². The van der Waals surface area contributed by atoms with E-state index in [2.05, 4.69) is 109 Å². The molecule has 0 atom stereocenters. The predicted molar refractivity (Wildman–Crippen MR) is 113 cm³/mol. The van der Waals surface area contributed by atoms with Crippen LogP contribution in [-0.2, 0) is 20.5 Å². The molecule has 0 saturated carbocycles. The van der Waals surface area contributed by atoms with Crippen LogP contribution in [0.2, 0.25) is 0 Å². The third-order valence-electron chi connectivity index (χ3n) is 5.98. The molecular formula is C26H24N2+2. The van der Waals surface area contributed by atoms with Crippen LogP contribution in [0.3, 0.4) is 0 Å². The standard InChI is InChI=1S/C26H24N2/c1-18-22(23-12-6-8-14-27(23)2)17-20-16-19-10-4-5-11-21(19)26(20)25(18)24-13-7-9-15-28(24)3/h4-15,17H,16H2,1-3H3/q+2. The van der Waals surface area contributed by atoms with Crippen LogP contribution in [-0.4, -0.2) is 0 Å². The SMILES string of the molecule is Cc1c(-c2cccc[n+]2C)cc2c(c1-c1cccc[n+]1C)-c1ccccc1C2. The molecule has 2 aromatic heterocycles. The summed E-state index contributed by atoms with van der Waals surface area (Å²) < 4.78 is 4.45. The average Bonchev–Trinajstić information content (AvgIpc) is 3.07. The van der Waals surface area contributed by atoms with Crippen molar-refractivity contribution in [2.75, 3.05) is 0 Å². The molecule has 2 nitrogen and oxygen atoms in total. The van der Waals surface area contributed by atoms with Crippen molar-refractivity contribution in [2.45, 2.75) is 13.3 Å². The number of nitrogens with zero attached hydrogens (tertiary/aromatic N) is 2. The first-order chi connectivity index (χ1) is 13.6. The highest BCUT2D eigenvalue weighted by Crippen LogP contribution is 2.46. The van der Waals surface area contributed by atoms with Gasteiger partial charge in [-0.1, -0.05) is 24.3 Å². The summed E-state index contributed by atoms with van der Waals surface area (Å²) in [5.41, 5.74) is 12.1. The van der Waals surface area contributed by atoms with Crippen molar-refractivity contribution >= 4 is 0 Å². The Morgan fingerprint density at radius 3 is 2.00 bits per heavy atom. The maximum Gasteiger partial charge on any atom is 0.213 e. The largest absolute Gasteiger partial charge is 0.213 e. The van der Waals surface area contributed by atoms with Gasteiger partial charge in [0.1, 0.15) is 14.1 Å². The second kappa shape index (κ2) is 6.42. The van der Waals surface area contributed by atoms with Gasteiger partial charge in [-0.05, 0) is 59.4 Å². The number of aryl methyl sites for hydroxylation is 2. The van der Waals surface area contributed by atoms with E-state index in [1.807, 2.05) is 0 Å². The van der Waals surface area contributed by atoms with E-state index in [4.69, 9.17) is 0 Å². The van der Waals surface area contributed by atoms with Crippen molar-refractivity contribution in [3.05, 3.63) is 95.8 Å². The van der Waals surface area contributed by atoms with Gasteiger partial charge >= 0.3 is 0 Å². The maximum absolute atomic E-state index is 2.41. The minimum atomic E-state index is 0.999. The molecule has 0 fully saturated rings. The van der Waals surface area contributed by atoms with Crippen LogP contribution in [0.25, 0.3) is 33.6 Å². The van der Waals surface area contributed by atoms with Crippen molar-refractivity contribution in [2.24, 2.45) is 14.1 Å². The lowest BCUT2D eigenvalue weighted by Gasteiger charge is -2.15. The summed E-state index contributed by atoms with van der Waals surface area (Å²) in [6.45, 7) is 2.27. The van der Waals surface area contributed by atoms with Crippen LogP contribution in [0.5, 0.6) is 0 Å². The molecule has 5 rings (SSSR count). The van der Waals surface area contributed by atoms with Gasteiger partial charge < -0.3 is 0 Å². The number of pyridine rings is 2. The first-order valence-electron chi connectivity index (χ1n) is 9.80. The Morgan fingerprint density at radius 1 is 0.643 bits per heavy atom. The Bertz CT molecular complexity index is 1220. The van der Waals surface area contributed by atoms with Gasteiger partial charge in [0.2, 0.25) is 11.4 Å². The van der Waals surface area contributed by atoms with E-state index in [1.54, 1.807) is 0 Å². The zero-order chi connectivity index (χ0) is 19.3. The molecule has 0 bridgehead atoms. The summed E-state index contributed by atoms with van der Waals surface area (Å²) in [6, 6.07) is 24.1. The molecule has 0 radical (unpaired) electrons. The van der Waals surface area contributed by atoms with Gasteiger partial charge in [-0.2, -0.15) is 0 Å². The molecule has 0 aliphatic heterocycles. The van der Waals surface area contributed by atoms with Crippen molar-refractivity contribution in [3.63, 3.8) is 0 Å². The molecule has 0 N–H and O–H groups in total. The lowest BCUT2D eigenvalue weighted by Crippen LogP contribution is -2.31. The lowest BCUT2D eigenvalue weighted by molar-refractivity contribution is -0.660. The van der Waals surface area contributed by atoms with E-state index in [0.29, 0.717) is 0 Å². The second-order valence-electron chi connectivity index (χ2n) is 7.69. The summed E-state index contributed by atoms with van der Waals surface area (Å²) >= 11 is 0. The number of rotatable bonds is 2. The number of hydrogen-bond donors (Lipinski definition) is 0. The molecule has 1 aliphatic rings. The van der Waals surface area contributed by atoms with Crippen LogP contribution < -0.4 is 9.13 Å². The van der Waals surface area contributed by atoms with E-state index in [1.165, 1.54) is 50.3 Å². The fourth-order valence-electron chi connectivity index (χ4n) is 4.58. The molecule has 0 spiro atoms. The highest BCUT2D eigenvalue weighted by Gasteiger charge is 2.29. The van der Waals surface area contributed by atoms with E-state index in [-0.39, 0.29) is 0 Å². The first-order valence-corrected chi connectivity index (χ1v) is 9.80. The van der Waals surface area contributed by atoms with E-state index in [9.17, 15) is 0 Å². The molecule has 28 heavy (non-hydrogen) atoms. The number of hydrogen-bond acceptors (Lipinski definition) is 0. The lowest BCUT2D eigenvalue weighted by atomic mass is 9.88. The Labute approximate surface area is 166 Å². The zero-order valence-electron chi connectivity index (χ0n) is 16.6.